The average Bonchev–Trinajstić information content (AvgIpc) is 3.82. The fourth-order valence-electron chi connectivity index (χ4n) is 9.08. The maximum atomic E-state index is 2.45. The first-order valence-corrected chi connectivity index (χ1v) is 17.4. The molecule has 0 radical (unpaired) electrons. The molecule has 0 saturated heterocycles. The van der Waals surface area contributed by atoms with Crippen molar-refractivity contribution in [2.24, 2.45) is 0 Å². The minimum atomic E-state index is 1.18. The molecular weight excluding hydrogens is 605 g/mol. The molecule has 0 atom stereocenters. The zero-order valence-electron chi connectivity index (χ0n) is 27.1. The Kier molecular flexibility index (Phi) is 5.00. The SMILES string of the molecule is c1ccc2c(c1)c1ccccc1c1cc(-n3c4ccccc4c4cc(-c5ccc6c(c5)c5cccc7c8ccccc8n6c75)ccc43)ccc21. The maximum Gasteiger partial charge on any atom is 0.0620 e. The number of aromatic nitrogens is 2. The standard InChI is InChI=1S/C48H28N2/c1-2-12-34-32(10-1)33-11-3-4-13-35(33)41-28-31(22-23-36(34)41)49-44-18-7-6-15-38(44)42-26-29(20-24-46(42)49)30-21-25-47-43(27-30)40-17-9-16-39-37-14-5-8-19-45(37)50(47)48(39)40/h1-28H. The summed E-state index contributed by atoms with van der Waals surface area (Å²) in [5.41, 5.74) is 9.92. The van der Waals surface area contributed by atoms with Gasteiger partial charge in [-0.05, 0) is 92.0 Å². The van der Waals surface area contributed by atoms with E-state index in [2.05, 4.69) is 179 Å². The second-order valence-electron chi connectivity index (χ2n) is 13.7. The van der Waals surface area contributed by atoms with Crippen LogP contribution in [-0.2, 0) is 0 Å². The third-order valence-corrected chi connectivity index (χ3v) is 11.2. The fraction of sp³-hybridized carbons (Fsp3) is 0. The molecule has 12 rings (SSSR count). The summed E-state index contributed by atoms with van der Waals surface area (Å²) >= 11 is 0. The van der Waals surface area contributed by atoms with Gasteiger partial charge in [-0.2, -0.15) is 0 Å². The van der Waals surface area contributed by atoms with Crippen LogP contribution in [0.3, 0.4) is 0 Å². The number of nitrogens with zero attached hydrogens (tertiary/aromatic N) is 2. The molecule has 0 fully saturated rings. The van der Waals surface area contributed by atoms with Crippen molar-refractivity contribution in [3.05, 3.63) is 170 Å². The molecule has 3 heterocycles. The monoisotopic (exact) mass is 632 g/mol. The smallest absolute Gasteiger partial charge is 0.0620 e. The second kappa shape index (κ2) is 9.49. The normalized spacial score (nSPS) is 12.4. The Labute approximate surface area is 287 Å². The molecule has 9 aromatic carbocycles. The Bertz CT molecular complexity index is 3340. The highest BCUT2D eigenvalue weighted by molar-refractivity contribution is 6.26. The van der Waals surface area contributed by atoms with Gasteiger partial charge in [-0.25, -0.2) is 0 Å². The molecule has 0 unspecified atom stereocenters. The molecule has 2 nitrogen and oxygen atoms in total. The van der Waals surface area contributed by atoms with Crippen molar-refractivity contribution in [3.8, 4) is 16.8 Å². The fourth-order valence-corrected chi connectivity index (χ4v) is 9.08. The molecule has 0 amide bonds. The van der Waals surface area contributed by atoms with Crippen molar-refractivity contribution in [2.75, 3.05) is 0 Å². The van der Waals surface area contributed by atoms with E-state index < -0.39 is 0 Å². The zero-order chi connectivity index (χ0) is 32.5. The van der Waals surface area contributed by atoms with Crippen molar-refractivity contribution in [3.63, 3.8) is 0 Å². The topological polar surface area (TPSA) is 9.34 Å². The predicted molar refractivity (Wildman–Crippen MR) is 213 cm³/mol. The number of rotatable bonds is 2. The summed E-state index contributed by atoms with van der Waals surface area (Å²) in [4.78, 5) is 0. The first kappa shape index (κ1) is 26.3. The predicted octanol–water partition coefficient (Wildman–Crippen LogP) is 13.1. The van der Waals surface area contributed by atoms with Gasteiger partial charge in [0.2, 0.25) is 0 Å². The Balaban J connectivity index is 1.08. The van der Waals surface area contributed by atoms with Gasteiger partial charge >= 0.3 is 0 Å². The van der Waals surface area contributed by atoms with E-state index in [1.165, 1.54) is 109 Å². The lowest BCUT2D eigenvalue weighted by atomic mass is 9.94. The zero-order valence-corrected chi connectivity index (χ0v) is 27.1. The third kappa shape index (κ3) is 3.32. The Morgan fingerprint density at radius 2 is 0.700 bits per heavy atom. The molecule has 2 heteroatoms. The Morgan fingerprint density at radius 1 is 0.260 bits per heavy atom. The summed E-state index contributed by atoms with van der Waals surface area (Å²) in [7, 11) is 0. The number of hydrogen-bond acceptors (Lipinski definition) is 0. The van der Waals surface area contributed by atoms with E-state index in [0.29, 0.717) is 0 Å². The molecule has 0 bridgehead atoms. The summed E-state index contributed by atoms with van der Waals surface area (Å²) in [6, 6.07) is 63.0. The van der Waals surface area contributed by atoms with Gasteiger partial charge in [-0.3, -0.25) is 0 Å². The summed E-state index contributed by atoms with van der Waals surface area (Å²) in [6.07, 6.45) is 0. The summed E-state index contributed by atoms with van der Waals surface area (Å²) < 4.78 is 4.89. The maximum absolute atomic E-state index is 2.45. The van der Waals surface area contributed by atoms with Crippen molar-refractivity contribution in [1.29, 1.82) is 0 Å². The summed E-state index contributed by atoms with van der Waals surface area (Å²) in [5.74, 6) is 0. The first-order valence-electron chi connectivity index (χ1n) is 17.4. The molecule has 0 aliphatic heterocycles. The molecule has 230 valence electrons. The quantitative estimate of drug-likeness (QED) is 0.168. The summed E-state index contributed by atoms with van der Waals surface area (Å²) in [6.45, 7) is 0. The van der Waals surface area contributed by atoms with Crippen molar-refractivity contribution >= 4 is 92.2 Å². The van der Waals surface area contributed by atoms with Crippen LogP contribution >= 0.6 is 0 Å². The largest absolute Gasteiger partial charge is 0.309 e. The second-order valence-corrected chi connectivity index (χ2v) is 13.7. The van der Waals surface area contributed by atoms with Gasteiger partial charge in [0.05, 0.1) is 27.6 Å². The van der Waals surface area contributed by atoms with E-state index in [1.807, 2.05) is 0 Å². The van der Waals surface area contributed by atoms with E-state index in [0.717, 1.165) is 0 Å². The van der Waals surface area contributed by atoms with E-state index in [-0.39, 0.29) is 0 Å². The van der Waals surface area contributed by atoms with E-state index in [9.17, 15) is 0 Å². The van der Waals surface area contributed by atoms with Gasteiger partial charge < -0.3 is 8.97 Å². The van der Waals surface area contributed by atoms with Crippen LogP contribution in [0.15, 0.2) is 170 Å². The van der Waals surface area contributed by atoms with Crippen LogP contribution in [0.2, 0.25) is 0 Å². The van der Waals surface area contributed by atoms with Gasteiger partial charge in [0, 0.05) is 38.0 Å². The molecule has 3 aromatic heterocycles. The van der Waals surface area contributed by atoms with Crippen LogP contribution < -0.4 is 0 Å². The molecular formula is C48H28N2. The van der Waals surface area contributed by atoms with Gasteiger partial charge in [-0.1, -0.05) is 121 Å². The average molecular weight is 633 g/mol. The van der Waals surface area contributed by atoms with Gasteiger partial charge in [0.25, 0.3) is 0 Å². The minimum absolute atomic E-state index is 1.18. The first-order chi connectivity index (χ1) is 24.8. The highest BCUT2D eigenvalue weighted by atomic mass is 15.0. The molecule has 12 aromatic rings. The van der Waals surface area contributed by atoms with Gasteiger partial charge in [-0.15, -0.1) is 0 Å². The van der Waals surface area contributed by atoms with Gasteiger partial charge in [0.15, 0.2) is 0 Å². The third-order valence-electron chi connectivity index (χ3n) is 11.2. The number of fused-ring (bicyclic) bond motifs is 15. The molecule has 0 spiro atoms. The van der Waals surface area contributed by atoms with E-state index in [4.69, 9.17) is 0 Å². The summed E-state index contributed by atoms with van der Waals surface area (Å²) in [5, 5.41) is 15.5. The Hall–Kier alpha value is -6.64. The molecule has 0 N–H and O–H groups in total. The highest BCUT2D eigenvalue weighted by Gasteiger charge is 2.19. The molecule has 0 aliphatic carbocycles. The van der Waals surface area contributed by atoms with E-state index in [1.54, 1.807) is 0 Å². The number of hydrogen-bond donors (Lipinski definition) is 0. The number of benzene rings is 9. The lowest BCUT2D eigenvalue weighted by Crippen LogP contribution is -1.94. The van der Waals surface area contributed by atoms with E-state index >= 15 is 0 Å². The van der Waals surface area contributed by atoms with Crippen LogP contribution in [-0.4, -0.2) is 8.97 Å². The van der Waals surface area contributed by atoms with Crippen molar-refractivity contribution in [2.45, 2.75) is 0 Å². The van der Waals surface area contributed by atoms with Crippen LogP contribution in [0.5, 0.6) is 0 Å². The van der Waals surface area contributed by atoms with Crippen LogP contribution in [0.25, 0.3) is 109 Å². The van der Waals surface area contributed by atoms with Gasteiger partial charge in [0.1, 0.15) is 0 Å². The molecule has 0 saturated carbocycles. The minimum Gasteiger partial charge on any atom is -0.309 e. The number of para-hydroxylation sites is 3. The van der Waals surface area contributed by atoms with Crippen LogP contribution in [0, 0.1) is 0 Å². The highest BCUT2D eigenvalue weighted by Crippen LogP contribution is 2.42. The van der Waals surface area contributed by atoms with Crippen LogP contribution in [0.1, 0.15) is 0 Å². The lowest BCUT2D eigenvalue weighted by Gasteiger charge is -2.14. The molecule has 50 heavy (non-hydrogen) atoms. The Morgan fingerprint density at radius 3 is 1.38 bits per heavy atom. The molecule has 0 aliphatic rings. The van der Waals surface area contributed by atoms with Crippen molar-refractivity contribution in [1.82, 2.24) is 8.97 Å². The van der Waals surface area contributed by atoms with Crippen molar-refractivity contribution < 1.29 is 0 Å². The lowest BCUT2D eigenvalue weighted by molar-refractivity contribution is 1.19. The van der Waals surface area contributed by atoms with Crippen LogP contribution in [0.4, 0.5) is 0 Å².